The molecule has 0 aliphatic carbocycles. The lowest BCUT2D eigenvalue weighted by Crippen LogP contribution is -2.41. The van der Waals surface area contributed by atoms with E-state index < -0.39 is 35.0 Å². The van der Waals surface area contributed by atoms with Gasteiger partial charge in [0.05, 0.1) is 46.0 Å². The molecule has 0 bridgehead atoms. The summed E-state index contributed by atoms with van der Waals surface area (Å²) in [6.45, 7) is 3.08. The zero-order valence-corrected chi connectivity index (χ0v) is 19.4. The Morgan fingerprint density at radius 3 is 2.32 bits per heavy atom. The Morgan fingerprint density at radius 1 is 1.08 bits per heavy atom. The van der Waals surface area contributed by atoms with Gasteiger partial charge in [-0.15, -0.1) is 0 Å². The second-order valence-corrected chi connectivity index (χ2v) is 8.29. The van der Waals surface area contributed by atoms with Crippen LogP contribution in [-0.4, -0.2) is 30.0 Å². The van der Waals surface area contributed by atoms with E-state index >= 15 is 0 Å². The minimum atomic E-state index is -4.68. The first-order valence-corrected chi connectivity index (χ1v) is 10.8. The number of alkyl halides is 3. The fourth-order valence-electron chi connectivity index (χ4n) is 3.84. The lowest BCUT2D eigenvalue weighted by Gasteiger charge is -2.17. The van der Waals surface area contributed by atoms with Gasteiger partial charge < -0.3 is 5.11 Å². The minimum Gasteiger partial charge on any atom is -0.478 e. The molecule has 0 unspecified atom stereocenters. The molecule has 0 spiro atoms. The number of halogens is 3. The van der Waals surface area contributed by atoms with Gasteiger partial charge >= 0.3 is 17.8 Å². The van der Waals surface area contributed by atoms with Crippen LogP contribution in [0.1, 0.15) is 41.4 Å². The zero-order valence-electron chi connectivity index (χ0n) is 19.4. The highest BCUT2D eigenvalue weighted by Crippen LogP contribution is 2.31. The second-order valence-electron chi connectivity index (χ2n) is 8.29. The Hall–Kier alpha value is -4.92. The van der Waals surface area contributed by atoms with Crippen LogP contribution in [0.5, 0.6) is 0 Å². The first-order valence-electron chi connectivity index (χ1n) is 10.8. The van der Waals surface area contributed by atoms with Crippen molar-refractivity contribution in [3.05, 3.63) is 98.5 Å². The average Bonchev–Trinajstić information content (AvgIpc) is 3.29. The van der Waals surface area contributed by atoms with Crippen molar-refractivity contribution in [1.29, 1.82) is 5.26 Å². The largest absolute Gasteiger partial charge is 0.478 e. The Balaban J connectivity index is 2.08. The normalized spacial score (nSPS) is 11.5. The van der Waals surface area contributed by atoms with Crippen LogP contribution in [0.2, 0.25) is 0 Å². The predicted octanol–water partition coefficient (Wildman–Crippen LogP) is 4.02. The van der Waals surface area contributed by atoms with Crippen LogP contribution in [-0.2, 0) is 6.18 Å². The molecule has 0 aliphatic heterocycles. The molecule has 0 atom stereocenters. The fourth-order valence-corrected chi connectivity index (χ4v) is 3.84. The van der Waals surface area contributed by atoms with Crippen LogP contribution < -0.4 is 11.2 Å². The molecule has 2 aromatic heterocycles. The third-order valence-corrected chi connectivity index (χ3v) is 5.58. The van der Waals surface area contributed by atoms with E-state index in [2.05, 4.69) is 5.10 Å². The zero-order chi connectivity index (χ0) is 27.1. The highest BCUT2D eigenvalue weighted by atomic mass is 19.4. The standard InChI is InChI=1S/C25H18F3N5O4/c1-14(2)32-22(34)20(13-31(24(32)37)18-5-3-4-16(10-18)25(26,27)28)21-19(23(35)36)12-30-33(21)17-8-6-15(11-29)7-9-17/h3-10,12-14H,1-2H3,(H,35,36). The number of carboxylic acids is 1. The summed E-state index contributed by atoms with van der Waals surface area (Å²) in [5.74, 6) is -1.41. The molecule has 0 amide bonds. The third kappa shape index (κ3) is 4.54. The number of aromatic nitrogens is 4. The lowest BCUT2D eigenvalue weighted by molar-refractivity contribution is -0.137. The summed E-state index contributed by atoms with van der Waals surface area (Å²) in [5.41, 5.74) is -3.10. The molecule has 0 saturated heterocycles. The molecule has 0 aliphatic rings. The Labute approximate surface area is 206 Å². The molecule has 2 aromatic carbocycles. The van der Waals surface area contributed by atoms with Crippen molar-refractivity contribution in [2.75, 3.05) is 0 Å². The van der Waals surface area contributed by atoms with E-state index in [4.69, 9.17) is 5.26 Å². The van der Waals surface area contributed by atoms with Gasteiger partial charge in [0, 0.05) is 12.2 Å². The summed E-state index contributed by atoms with van der Waals surface area (Å²) in [7, 11) is 0. The van der Waals surface area contributed by atoms with Gasteiger partial charge in [-0.1, -0.05) is 6.07 Å². The van der Waals surface area contributed by atoms with Gasteiger partial charge in [0.1, 0.15) is 5.56 Å². The Morgan fingerprint density at radius 2 is 1.76 bits per heavy atom. The molecule has 4 rings (SSSR count). The topological polar surface area (TPSA) is 123 Å². The van der Waals surface area contributed by atoms with E-state index in [9.17, 15) is 32.7 Å². The first kappa shape index (κ1) is 25.2. The average molecular weight is 509 g/mol. The van der Waals surface area contributed by atoms with Crippen molar-refractivity contribution < 1.29 is 23.1 Å². The lowest BCUT2D eigenvalue weighted by atomic mass is 10.1. The number of hydrogen-bond acceptors (Lipinski definition) is 5. The summed E-state index contributed by atoms with van der Waals surface area (Å²) in [6, 6.07) is 11.2. The Bertz CT molecular complexity index is 1670. The second kappa shape index (κ2) is 9.27. The van der Waals surface area contributed by atoms with E-state index in [-0.39, 0.29) is 22.5 Å². The summed E-state index contributed by atoms with van der Waals surface area (Å²) >= 11 is 0. The first-order chi connectivity index (χ1) is 17.4. The van der Waals surface area contributed by atoms with Gasteiger partial charge in [-0.2, -0.15) is 23.5 Å². The van der Waals surface area contributed by atoms with Crippen LogP contribution >= 0.6 is 0 Å². The molecular formula is C25H18F3N5O4. The molecule has 12 heteroatoms. The third-order valence-electron chi connectivity index (χ3n) is 5.58. The SMILES string of the molecule is CC(C)n1c(=O)c(-c2c(C(=O)O)cnn2-c2ccc(C#N)cc2)cn(-c2cccc(C(F)(F)F)c2)c1=O. The summed E-state index contributed by atoms with van der Waals surface area (Å²) < 4.78 is 42.9. The molecular weight excluding hydrogens is 491 g/mol. The number of nitriles is 1. The molecule has 2 heterocycles. The minimum absolute atomic E-state index is 0.170. The van der Waals surface area contributed by atoms with Crippen LogP contribution in [0, 0.1) is 11.3 Å². The number of carboxylic acid groups (broad SMARTS) is 1. The summed E-state index contributed by atoms with van der Waals surface area (Å²) in [4.78, 5) is 38.8. The summed E-state index contributed by atoms with van der Waals surface area (Å²) in [6.07, 6.45) is -2.64. The molecule has 0 saturated carbocycles. The van der Waals surface area contributed by atoms with Gasteiger partial charge in [-0.25, -0.2) is 14.3 Å². The van der Waals surface area contributed by atoms with Gasteiger partial charge in [0.25, 0.3) is 5.56 Å². The fraction of sp³-hybridized carbons (Fsp3) is 0.160. The van der Waals surface area contributed by atoms with Crippen molar-refractivity contribution in [2.24, 2.45) is 0 Å². The maximum absolute atomic E-state index is 13.5. The molecule has 9 nitrogen and oxygen atoms in total. The van der Waals surface area contributed by atoms with Gasteiger partial charge in [0.15, 0.2) is 0 Å². The number of rotatable bonds is 5. The Kier molecular flexibility index (Phi) is 6.31. The molecule has 188 valence electrons. The van der Waals surface area contributed by atoms with Gasteiger partial charge in [-0.05, 0) is 56.3 Å². The van der Waals surface area contributed by atoms with Crippen molar-refractivity contribution in [3.8, 4) is 28.7 Å². The van der Waals surface area contributed by atoms with Gasteiger partial charge in [0.2, 0.25) is 0 Å². The van der Waals surface area contributed by atoms with Crippen LogP contribution in [0.15, 0.2) is 70.5 Å². The predicted molar refractivity (Wildman–Crippen MR) is 126 cm³/mol. The highest BCUT2D eigenvalue weighted by molar-refractivity contribution is 5.95. The van der Waals surface area contributed by atoms with E-state index in [1.54, 1.807) is 13.8 Å². The van der Waals surface area contributed by atoms with Crippen molar-refractivity contribution in [2.45, 2.75) is 26.1 Å². The molecule has 4 aromatic rings. The number of benzene rings is 2. The van der Waals surface area contributed by atoms with Crippen molar-refractivity contribution in [1.82, 2.24) is 18.9 Å². The van der Waals surface area contributed by atoms with E-state index in [0.29, 0.717) is 11.3 Å². The molecule has 0 fully saturated rings. The maximum atomic E-state index is 13.5. The van der Waals surface area contributed by atoms with Crippen LogP contribution in [0.25, 0.3) is 22.6 Å². The monoisotopic (exact) mass is 509 g/mol. The van der Waals surface area contributed by atoms with Crippen molar-refractivity contribution in [3.63, 3.8) is 0 Å². The van der Waals surface area contributed by atoms with Crippen LogP contribution in [0.3, 0.4) is 0 Å². The number of carbonyl (C=O) groups is 1. The maximum Gasteiger partial charge on any atom is 0.416 e. The summed E-state index contributed by atoms with van der Waals surface area (Å²) in [5, 5.41) is 23.0. The van der Waals surface area contributed by atoms with E-state index in [1.165, 1.54) is 30.3 Å². The highest BCUT2D eigenvalue weighted by Gasteiger charge is 2.31. The number of hydrogen-bond donors (Lipinski definition) is 1. The van der Waals surface area contributed by atoms with E-state index in [0.717, 1.165) is 44.4 Å². The molecule has 0 radical (unpaired) electrons. The smallest absolute Gasteiger partial charge is 0.416 e. The van der Waals surface area contributed by atoms with Crippen LogP contribution in [0.4, 0.5) is 13.2 Å². The van der Waals surface area contributed by atoms with E-state index in [1.807, 2.05) is 6.07 Å². The van der Waals surface area contributed by atoms with Crippen molar-refractivity contribution >= 4 is 5.97 Å². The quantitative estimate of drug-likeness (QED) is 0.434. The molecule has 1 N–H and O–H groups in total. The molecule has 37 heavy (non-hydrogen) atoms. The van der Waals surface area contributed by atoms with Gasteiger partial charge in [-0.3, -0.25) is 13.9 Å². The number of aromatic carboxylic acids is 1. The number of nitrogens with zero attached hydrogens (tertiary/aromatic N) is 5.